The lowest BCUT2D eigenvalue weighted by molar-refractivity contribution is -0.130. The van der Waals surface area contributed by atoms with Crippen LogP contribution >= 0.6 is 0 Å². The van der Waals surface area contributed by atoms with Gasteiger partial charge in [0, 0.05) is 18.9 Å². The normalized spacial score (nSPS) is 15.1. The highest BCUT2D eigenvalue weighted by molar-refractivity contribution is 6.06. The Bertz CT molecular complexity index is 1210. The Morgan fingerprint density at radius 3 is 2.27 bits per heavy atom. The van der Waals surface area contributed by atoms with Crippen molar-refractivity contribution in [1.82, 2.24) is 5.01 Å². The van der Waals surface area contributed by atoms with Crippen molar-refractivity contribution in [2.75, 3.05) is 14.2 Å². The fourth-order valence-electron chi connectivity index (χ4n) is 3.81. The number of methoxy groups -OCH3 is 2. The van der Waals surface area contributed by atoms with Crippen LogP contribution in [0, 0.1) is 0 Å². The minimum absolute atomic E-state index is 0.191. The molecule has 0 saturated heterocycles. The standard InChI is InChI=1S/C26H24N2O5/c1-17(29)28-22(19-13-14-24(31-2)25(15-19)32-3)16-21(27-28)20-11-7-8-12-23(20)33-26(30)18-9-5-4-6-10-18/h4-15,22H,16H2,1-3H3. The minimum Gasteiger partial charge on any atom is -0.493 e. The molecule has 1 atom stereocenters. The number of hydrazone groups is 1. The van der Waals surface area contributed by atoms with E-state index in [2.05, 4.69) is 5.10 Å². The van der Waals surface area contributed by atoms with E-state index in [1.807, 2.05) is 30.3 Å². The zero-order chi connectivity index (χ0) is 23.4. The summed E-state index contributed by atoms with van der Waals surface area (Å²) in [6, 6.07) is 21.2. The predicted octanol–water partition coefficient (Wildman–Crippen LogP) is 4.62. The Labute approximate surface area is 192 Å². The van der Waals surface area contributed by atoms with Gasteiger partial charge >= 0.3 is 5.97 Å². The molecule has 0 saturated carbocycles. The largest absolute Gasteiger partial charge is 0.493 e. The summed E-state index contributed by atoms with van der Waals surface area (Å²) < 4.78 is 16.4. The molecular formula is C26H24N2O5. The van der Waals surface area contributed by atoms with Gasteiger partial charge in [0.2, 0.25) is 5.91 Å². The van der Waals surface area contributed by atoms with Crippen LogP contribution < -0.4 is 14.2 Å². The zero-order valence-electron chi connectivity index (χ0n) is 18.6. The maximum atomic E-state index is 12.6. The summed E-state index contributed by atoms with van der Waals surface area (Å²) in [4.78, 5) is 25.0. The van der Waals surface area contributed by atoms with Gasteiger partial charge < -0.3 is 14.2 Å². The number of nitrogens with zero attached hydrogens (tertiary/aromatic N) is 2. The lowest BCUT2D eigenvalue weighted by Gasteiger charge is -2.21. The first-order valence-corrected chi connectivity index (χ1v) is 10.5. The zero-order valence-corrected chi connectivity index (χ0v) is 18.6. The molecule has 0 aliphatic carbocycles. The molecule has 0 spiro atoms. The maximum Gasteiger partial charge on any atom is 0.343 e. The van der Waals surface area contributed by atoms with E-state index in [0.29, 0.717) is 40.5 Å². The van der Waals surface area contributed by atoms with Crippen molar-refractivity contribution >= 4 is 17.6 Å². The van der Waals surface area contributed by atoms with Gasteiger partial charge in [0.1, 0.15) is 5.75 Å². The van der Waals surface area contributed by atoms with Crippen molar-refractivity contribution in [3.8, 4) is 17.2 Å². The molecule has 7 heteroatoms. The monoisotopic (exact) mass is 444 g/mol. The van der Waals surface area contributed by atoms with Crippen LogP contribution in [-0.2, 0) is 4.79 Å². The molecule has 1 unspecified atom stereocenters. The Balaban J connectivity index is 1.65. The van der Waals surface area contributed by atoms with Gasteiger partial charge in [0.25, 0.3) is 0 Å². The van der Waals surface area contributed by atoms with E-state index in [1.165, 1.54) is 11.9 Å². The molecule has 0 bridgehead atoms. The summed E-state index contributed by atoms with van der Waals surface area (Å²) >= 11 is 0. The fourth-order valence-corrected chi connectivity index (χ4v) is 3.81. The Morgan fingerprint density at radius 1 is 0.879 bits per heavy atom. The van der Waals surface area contributed by atoms with Crippen molar-refractivity contribution < 1.29 is 23.8 Å². The minimum atomic E-state index is -0.457. The first-order chi connectivity index (χ1) is 16.0. The predicted molar refractivity (Wildman–Crippen MR) is 124 cm³/mol. The van der Waals surface area contributed by atoms with Gasteiger partial charge in [-0.15, -0.1) is 0 Å². The molecule has 0 fully saturated rings. The number of para-hydroxylation sites is 1. The summed E-state index contributed by atoms with van der Waals surface area (Å²) in [5.41, 5.74) is 2.63. The molecule has 4 rings (SSSR count). The van der Waals surface area contributed by atoms with Crippen LogP contribution in [0.25, 0.3) is 0 Å². The average molecular weight is 444 g/mol. The Hall–Kier alpha value is -4.13. The van der Waals surface area contributed by atoms with Crippen molar-refractivity contribution in [2.45, 2.75) is 19.4 Å². The molecule has 0 N–H and O–H groups in total. The molecule has 1 amide bonds. The van der Waals surface area contributed by atoms with E-state index >= 15 is 0 Å². The van der Waals surface area contributed by atoms with Gasteiger partial charge in [-0.2, -0.15) is 5.10 Å². The Morgan fingerprint density at radius 2 is 1.58 bits per heavy atom. The van der Waals surface area contributed by atoms with Crippen LogP contribution in [0.2, 0.25) is 0 Å². The van der Waals surface area contributed by atoms with Crippen molar-refractivity contribution in [2.24, 2.45) is 5.10 Å². The third kappa shape index (κ3) is 4.57. The summed E-state index contributed by atoms with van der Waals surface area (Å²) in [6.07, 6.45) is 0.453. The van der Waals surface area contributed by atoms with E-state index in [4.69, 9.17) is 14.2 Å². The number of esters is 1. The fraction of sp³-hybridized carbons (Fsp3) is 0.192. The molecule has 1 aliphatic heterocycles. The molecule has 168 valence electrons. The van der Waals surface area contributed by atoms with Crippen LogP contribution in [0.4, 0.5) is 0 Å². The number of hydrogen-bond acceptors (Lipinski definition) is 6. The molecule has 3 aromatic carbocycles. The van der Waals surface area contributed by atoms with Crippen LogP contribution in [0.15, 0.2) is 77.9 Å². The summed E-state index contributed by atoms with van der Waals surface area (Å²) in [6.45, 7) is 1.47. The van der Waals surface area contributed by atoms with Gasteiger partial charge in [0.15, 0.2) is 11.5 Å². The van der Waals surface area contributed by atoms with Gasteiger partial charge in [-0.05, 0) is 42.0 Å². The molecule has 7 nitrogen and oxygen atoms in total. The van der Waals surface area contributed by atoms with Crippen molar-refractivity contribution in [3.63, 3.8) is 0 Å². The first kappa shape index (κ1) is 22.1. The molecule has 1 heterocycles. The number of rotatable bonds is 6. The van der Waals surface area contributed by atoms with E-state index in [9.17, 15) is 9.59 Å². The maximum absolute atomic E-state index is 12.6. The molecule has 33 heavy (non-hydrogen) atoms. The molecule has 3 aromatic rings. The van der Waals surface area contributed by atoms with Crippen LogP contribution in [-0.4, -0.2) is 36.8 Å². The highest BCUT2D eigenvalue weighted by atomic mass is 16.5. The van der Waals surface area contributed by atoms with E-state index in [-0.39, 0.29) is 11.9 Å². The number of hydrogen-bond donors (Lipinski definition) is 0. The van der Waals surface area contributed by atoms with Crippen LogP contribution in [0.3, 0.4) is 0 Å². The van der Waals surface area contributed by atoms with E-state index < -0.39 is 5.97 Å². The molecular weight excluding hydrogens is 420 g/mol. The smallest absolute Gasteiger partial charge is 0.343 e. The number of ether oxygens (including phenoxy) is 3. The summed E-state index contributed by atoms with van der Waals surface area (Å²) in [5, 5.41) is 6.04. The Kier molecular flexibility index (Phi) is 6.40. The number of amides is 1. The van der Waals surface area contributed by atoms with E-state index in [1.54, 1.807) is 56.7 Å². The quantitative estimate of drug-likeness (QED) is 0.410. The molecule has 0 radical (unpaired) electrons. The van der Waals surface area contributed by atoms with Gasteiger partial charge in [-0.3, -0.25) is 4.79 Å². The van der Waals surface area contributed by atoms with Gasteiger partial charge in [0.05, 0.1) is 31.5 Å². The molecule has 0 aromatic heterocycles. The number of carbonyl (C=O) groups is 2. The van der Waals surface area contributed by atoms with E-state index in [0.717, 1.165) is 5.56 Å². The second kappa shape index (κ2) is 9.56. The summed E-state index contributed by atoms with van der Waals surface area (Å²) in [7, 11) is 3.14. The van der Waals surface area contributed by atoms with Gasteiger partial charge in [-0.1, -0.05) is 36.4 Å². The second-order valence-corrected chi connectivity index (χ2v) is 7.50. The molecule has 1 aliphatic rings. The summed E-state index contributed by atoms with van der Waals surface area (Å²) in [5.74, 6) is 0.920. The first-order valence-electron chi connectivity index (χ1n) is 10.5. The highest BCUT2D eigenvalue weighted by Crippen LogP contribution is 2.38. The van der Waals surface area contributed by atoms with Crippen LogP contribution in [0.5, 0.6) is 17.2 Å². The third-order valence-electron chi connectivity index (χ3n) is 5.44. The lowest BCUT2D eigenvalue weighted by atomic mass is 9.97. The second-order valence-electron chi connectivity index (χ2n) is 7.50. The number of carbonyl (C=O) groups excluding carboxylic acids is 2. The highest BCUT2D eigenvalue weighted by Gasteiger charge is 2.33. The number of benzene rings is 3. The third-order valence-corrected chi connectivity index (χ3v) is 5.44. The van der Waals surface area contributed by atoms with Crippen LogP contribution in [0.1, 0.15) is 40.9 Å². The average Bonchev–Trinajstić information content (AvgIpc) is 3.30. The van der Waals surface area contributed by atoms with Crippen molar-refractivity contribution in [3.05, 3.63) is 89.5 Å². The lowest BCUT2D eigenvalue weighted by Crippen LogP contribution is -2.24. The topological polar surface area (TPSA) is 77.4 Å². The van der Waals surface area contributed by atoms with Gasteiger partial charge in [-0.25, -0.2) is 9.80 Å². The van der Waals surface area contributed by atoms with Crippen molar-refractivity contribution in [1.29, 1.82) is 0 Å². The SMILES string of the molecule is COc1ccc(C2CC(c3ccccc3OC(=O)c3ccccc3)=NN2C(C)=O)cc1OC.